The molecule has 0 fully saturated rings. The molecule has 1 amide bonds. The first-order chi connectivity index (χ1) is 11.5. The minimum absolute atomic E-state index is 0.0178. The number of carbonyl (C=O) groups is 1. The number of anilines is 1. The van der Waals surface area contributed by atoms with Gasteiger partial charge in [0.2, 0.25) is 10.0 Å². The van der Waals surface area contributed by atoms with Gasteiger partial charge < -0.3 is 5.32 Å². The Morgan fingerprint density at radius 2 is 1.68 bits per heavy atom. The van der Waals surface area contributed by atoms with Crippen molar-refractivity contribution >= 4 is 44.8 Å². The van der Waals surface area contributed by atoms with Crippen LogP contribution in [0.15, 0.2) is 47.4 Å². The van der Waals surface area contributed by atoms with Gasteiger partial charge in [-0.1, -0.05) is 29.3 Å². The second-order valence-corrected chi connectivity index (χ2v) is 8.96. The van der Waals surface area contributed by atoms with Crippen molar-refractivity contribution in [3.05, 3.63) is 58.1 Å². The Kier molecular flexibility index (Phi) is 5.79. The van der Waals surface area contributed by atoms with Crippen molar-refractivity contribution in [1.82, 2.24) is 4.72 Å². The lowest BCUT2D eigenvalue weighted by molar-refractivity contribution is 0.102. The molecule has 0 aromatic heterocycles. The zero-order valence-electron chi connectivity index (χ0n) is 13.9. The lowest BCUT2D eigenvalue weighted by Gasteiger charge is -2.20. The van der Waals surface area contributed by atoms with E-state index in [-0.39, 0.29) is 10.5 Å². The number of nitrogens with one attached hydrogen (secondary N) is 2. The molecule has 0 saturated carbocycles. The van der Waals surface area contributed by atoms with Gasteiger partial charge in [-0.3, -0.25) is 4.79 Å². The average Bonchev–Trinajstić information content (AvgIpc) is 2.49. The van der Waals surface area contributed by atoms with E-state index in [0.29, 0.717) is 15.7 Å². The molecule has 0 aliphatic heterocycles. The van der Waals surface area contributed by atoms with E-state index in [1.807, 2.05) is 0 Å². The lowest BCUT2D eigenvalue weighted by atomic mass is 10.1. The van der Waals surface area contributed by atoms with Gasteiger partial charge in [-0.2, -0.15) is 0 Å². The van der Waals surface area contributed by atoms with Gasteiger partial charge in [-0.15, -0.1) is 0 Å². The summed E-state index contributed by atoms with van der Waals surface area (Å²) in [5.74, 6) is -0.453. The molecule has 0 saturated heterocycles. The Morgan fingerprint density at radius 1 is 1.00 bits per heavy atom. The zero-order chi connectivity index (χ0) is 18.8. The van der Waals surface area contributed by atoms with Crippen LogP contribution in [-0.2, 0) is 10.0 Å². The minimum atomic E-state index is -3.73. The van der Waals surface area contributed by atoms with E-state index < -0.39 is 21.5 Å². The Labute approximate surface area is 157 Å². The topological polar surface area (TPSA) is 75.3 Å². The molecule has 0 unspecified atom stereocenters. The summed E-state index contributed by atoms with van der Waals surface area (Å²) >= 11 is 11.8. The molecular formula is C17H18Cl2N2O3S. The number of rotatable bonds is 4. The van der Waals surface area contributed by atoms with Crippen molar-refractivity contribution in [3.63, 3.8) is 0 Å². The highest BCUT2D eigenvalue weighted by atomic mass is 35.5. The lowest BCUT2D eigenvalue weighted by Crippen LogP contribution is -2.40. The molecule has 134 valence electrons. The summed E-state index contributed by atoms with van der Waals surface area (Å²) in [7, 11) is -3.73. The summed E-state index contributed by atoms with van der Waals surface area (Å²) in [4.78, 5) is 12.4. The molecule has 2 rings (SSSR count). The van der Waals surface area contributed by atoms with Crippen molar-refractivity contribution in [2.24, 2.45) is 0 Å². The minimum Gasteiger partial charge on any atom is -0.322 e. The van der Waals surface area contributed by atoms with Crippen LogP contribution in [0.1, 0.15) is 31.1 Å². The van der Waals surface area contributed by atoms with E-state index in [4.69, 9.17) is 23.2 Å². The van der Waals surface area contributed by atoms with E-state index in [1.54, 1.807) is 32.9 Å². The molecule has 8 heteroatoms. The van der Waals surface area contributed by atoms with Crippen LogP contribution in [0.25, 0.3) is 0 Å². The molecule has 2 aromatic rings. The summed E-state index contributed by atoms with van der Waals surface area (Å²) in [6.45, 7) is 5.22. The standard InChI is InChI=1S/C17H18Cl2N2O3S/c1-17(2,3)21-25(23,24)13-6-4-5-11(9-13)16(22)20-12-7-8-14(18)15(19)10-12/h4-10,21H,1-3H3,(H,20,22). The number of hydrogen-bond acceptors (Lipinski definition) is 3. The van der Waals surface area contributed by atoms with Gasteiger partial charge in [0, 0.05) is 16.8 Å². The molecule has 0 aliphatic rings. The highest BCUT2D eigenvalue weighted by Gasteiger charge is 2.22. The molecule has 0 spiro atoms. The van der Waals surface area contributed by atoms with Crippen molar-refractivity contribution in [1.29, 1.82) is 0 Å². The van der Waals surface area contributed by atoms with Crippen molar-refractivity contribution in [2.75, 3.05) is 5.32 Å². The maximum atomic E-state index is 12.4. The van der Waals surface area contributed by atoms with Gasteiger partial charge in [-0.05, 0) is 57.2 Å². The van der Waals surface area contributed by atoms with Crippen molar-refractivity contribution < 1.29 is 13.2 Å². The van der Waals surface area contributed by atoms with Gasteiger partial charge in [-0.25, -0.2) is 13.1 Å². The van der Waals surface area contributed by atoms with Gasteiger partial charge in [0.05, 0.1) is 14.9 Å². The smallest absolute Gasteiger partial charge is 0.255 e. The van der Waals surface area contributed by atoms with E-state index in [9.17, 15) is 13.2 Å². The fraction of sp³-hybridized carbons (Fsp3) is 0.235. The van der Waals surface area contributed by atoms with Gasteiger partial charge in [0.25, 0.3) is 5.91 Å². The second-order valence-electron chi connectivity index (χ2n) is 6.47. The van der Waals surface area contributed by atoms with Crippen molar-refractivity contribution in [2.45, 2.75) is 31.2 Å². The quantitative estimate of drug-likeness (QED) is 0.801. The molecule has 5 nitrogen and oxygen atoms in total. The number of amides is 1. The molecule has 0 heterocycles. The summed E-state index contributed by atoms with van der Waals surface area (Å²) in [5, 5.41) is 3.34. The maximum absolute atomic E-state index is 12.4. The van der Waals surface area contributed by atoms with Gasteiger partial charge in [0.15, 0.2) is 0 Å². The van der Waals surface area contributed by atoms with Crippen LogP contribution in [0.3, 0.4) is 0 Å². The van der Waals surface area contributed by atoms with Gasteiger partial charge in [0.1, 0.15) is 0 Å². The van der Waals surface area contributed by atoms with Crippen LogP contribution in [-0.4, -0.2) is 19.9 Å². The van der Waals surface area contributed by atoms with Gasteiger partial charge >= 0.3 is 0 Å². The Hall–Kier alpha value is -1.60. The maximum Gasteiger partial charge on any atom is 0.255 e. The molecule has 25 heavy (non-hydrogen) atoms. The van der Waals surface area contributed by atoms with Crippen molar-refractivity contribution in [3.8, 4) is 0 Å². The highest BCUT2D eigenvalue weighted by molar-refractivity contribution is 7.89. The first kappa shape index (κ1) is 19.7. The zero-order valence-corrected chi connectivity index (χ0v) is 16.3. The van der Waals surface area contributed by atoms with Crippen LogP contribution in [0.2, 0.25) is 10.0 Å². The Balaban J connectivity index is 2.25. The molecular weight excluding hydrogens is 383 g/mol. The Morgan fingerprint density at radius 3 is 2.28 bits per heavy atom. The number of benzene rings is 2. The molecule has 0 bridgehead atoms. The molecule has 0 atom stereocenters. The molecule has 0 aliphatic carbocycles. The third kappa shape index (κ3) is 5.44. The normalized spacial score (nSPS) is 12.0. The number of halogens is 2. The summed E-state index contributed by atoms with van der Waals surface area (Å²) in [6.07, 6.45) is 0. The number of carbonyl (C=O) groups excluding carboxylic acids is 1. The number of sulfonamides is 1. The summed E-state index contributed by atoms with van der Waals surface area (Å²) in [6, 6.07) is 10.5. The van der Waals surface area contributed by atoms with E-state index in [2.05, 4.69) is 10.0 Å². The van der Waals surface area contributed by atoms with Crippen LogP contribution >= 0.6 is 23.2 Å². The molecule has 2 N–H and O–H groups in total. The Bertz CT molecular complexity index is 906. The highest BCUT2D eigenvalue weighted by Crippen LogP contribution is 2.25. The van der Waals surface area contributed by atoms with Crippen LogP contribution in [0, 0.1) is 0 Å². The predicted octanol–water partition coefficient (Wildman–Crippen LogP) is 4.32. The average molecular weight is 401 g/mol. The first-order valence-corrected chi connectivity index (χ1v) is 9.62. The van der Waals surface area contributed by atoms with Crippen LogP contribution in [0.5, 0.6) is 0 Å². The summed E-state index contributed by atoms with van der Waals surface area (Å²) in [5.41, 5.74) is 0.0419. The second kappa shape index (κ2) is 7.33. The first-order valence-electron chi connectivity index (χ1n) is 7.38. The fourth-order valence-corrected chi connectivity index (χ4v) is 3.81. The molecule has 0 radical (unpaired) electrons. The monoisotopic (exact) mass is 400 g/mol. The van der Waals surface area contributed by atoms with E-state index in [1.165, 1.54) is 30.3 Å². The van der Waals surface area contributed by atoms with Crippen LogP contribution < -0.4 is 10.0 Å². The SMILES string of the molecule is CC(C)(C)NS(=O)(=O)c1cccc(C(=O)Nc2ccc(Cl)c(Cl)c2)c1. The fourth-order valence-electron chi connectivity index (χ4n) is 2.04. The van der Waals surface area contributed by atoms with Crippen LogP contribution in [0.4, 0.5) is 5.69 Å². The largest absolute Gasteiger partial charge is 0.322 e. The van der Waals surface area contributed by atoms with E-state index in [0.717, 1.165) is 0 Å². The summed E-state index contributed by atoms with van der Waals surface area (Å²) < 4.78 is 27.3. The third-order valence-corrected chi connectivity index (χ3v) is 5.52. The third-order valence-electron chi connectivity index (χ3n) is 3.02. The number of hydrogen-bond donors (Lipinski definition) is 2. The predicted molar refractivity (Wildman–Crippen MR) is 101 cm³/mol. The van der Waals surface area contributed by atoms with E-state index >= 15 is 0 Å². The molecule has 2 aromatic carbocycles.